The molecule has 0 radical (unpaired) electrons. The fourth-order valence-electron chi connectivity index (χ4n) is 2.42. The number of hydrogen-bond donors (Lipinski definition) is 3. The molecule has 0 spiro atoms. The van der Waals surface area contributed by atoms with Crippen LogP contribution in [0.5, 0.6) is 5.75 Å². The van der Waals surface area contributed by atoms with Crippen molar-refractivity contribution in [3.8, 4) is 5.75 Å². The number of rotatable bonds is 4. The topological polar surface area (TPSA) is 61.4 Å². The number of phenols is 1. The first-order chi connectivity index (χ1) is 9.25. The van der Waals surface area contributed by atoms with Crippen molar-refractivity contribution in [2.75, 3.05) is 19.6 Å². The van der Waals surface area contributed by atoms with Gasteiger partial charge >= 0.3 is 0 Å². The van der Waals surface area contributed by atoms with E-state index in [2.05, 4.69) is 10.6 Å². The molecule has 4 heteroatoms. The third kappa shape index (κ3) is 4.56. The van der Waals surface area contributed by atoms with Crippen molar-refractivity contribution in [1.82, 2.24) is 10.6 Å². The van der Waals surface area contributed by atoms with Crippen LogP contribution in [0.25, 0.3) is 0 Å². The average molecular weight is 262 g/mol. The van der Waals surface area contributed by atoms with Gasteiger partial charge in [0.1, 0.15) is 5.75 Å². The van der Waals surface area contributed by atoms with Gasteiger partial charge in [-0.15, -0.1) is 0 Å². The maximum atomic E-state index is 12.0. The Bertz CT molecular complexity index is 395. The summed E-state index contributed by atoms with van der Waals surface area (Å²) in [6.45, 7) is 2.63. The first-order valence-electron chi connectivity index (χ1n) is 7.02. The Labute approximate surface area is 114 Å². The van der Waals surface area contributed by atoms with E-state index in [0.29, 0.717) is 6.54 Å². The molecule has 1 aromatic carbocycles. The lowest BCUT2D eigenvalue weighted by Gasteiger charge is -2.13. The van der Waals surface area contributed by atoms with E-state index in [1.807, 2.05) is 12.1 Å². The van der Waals surface area contributed by atoms with Crippen molar-refractivity contribution in [3.63, 3.8) is 0 Å². The van der Waals surface area contributed by atoms with Gasteiger partial charge in [0.2, 0.25) is 5.91 Å². The monoisotopic (exact) mass is 262 g/mol. The highest BCUT2D eigenvalue weighted by atomic mass is 16.3. The van der Waals surface area contributed by atoms with E-state index in [4.69, 9.17) is 0 Å². The van der Waals surface area contributed by atoms with Crippen molar-refractivity contribution in [2.45, 2.75) is 25.7 Å². The smallest absolute Gasteiger partial charge is 0.223 e. The molecular weight excluding hydrogens is 240 g/mol. The molecule has 1 atom stereocenters. The van der Waals surface area contributed by atoms with E-state index in [-0.39, 0.29) is 17.6 Å². The fraction of sp³-hybridized carbons (Fsp3) is 0.533. The Morgan fingerprint density at radius 1 is 1.26 bits per heavy atom. The maximum Gasteiger partial charge on any atom is 0.223 e. The van der Waals surface area contributed by atoms with Gasteiger partial charge in [-0.1, -0.05) is 12.1 Å². The molecule has 0 saturated carbocycles. The van der Waals surface area contributed by atoms with Gasteiger partial charge in [-0.3, -0.25) is 4.79 Å². The summed E-state index contributed by atoms with van der Waals surface area (Å²) >= 11 is 0. The predicted molar refractivity (Wildman–Crippen MR) is 75.0 cm³/mol. The minimum absolute atomic E-state index is 0.162. The van der Waals surface area contributed by atoms with E-state index < -0.39 is 0 Å². The van der Waals surface area contributed by atoms with E-state index in [9.17, 15) is 9.90 Å². The summed E-state index contributed by atoms with van der Waals surface area (Å²) < 4.78 is 0. The molecule has 0 unspecified atom stereocenters. The van der Waals surface area contributed by atoms with Crippen LogP contribution in [0.1, 0.15) is 24.8 Å². The Balaban J connectivity index is 1.72. The molecule has 1 aliphatic heterocycles. The zero-order valence-corrected chi connectivity index (χ0v) is 11.2. The second-order valence-corrected chi connectivity index (χ2v) is 5.09. The molecule has 0 aromatic heterocycles. The minimum Gasteiger partial charge on any atom is -0.508 e. The van der Waals surface area contributed by atoms with Gasteiger partial charge in [0.25, 0.3) is 0 Å². The molecule has 3 N–H and O–H groups in total. The molecular formula is C15H22N2O2. The Morgan fingerprint density at radius 2 is 2.05 bits per heavy atom. The van der Waals surface area contributed by atoms with Gasteiger partial charge in [0, 0.05) is 12.5 Å². The van der Waals surface area contributed by atoms with Crippen molar-refractivity contribution < 1.29 is 9.90 Å². The number of carbonyl (C=O) groups excluding carboxylic acids is 1. The molecule has 4 nitrogen and oxygen atoms in total. The first-order valence-corrected chi connectivity index (χ1v) is 7.02. The second kappa shape index (κ2) is 7.14. The summed E-state index contributed by atoms with van der Waals surface area (Å²) in [6.07, 6.45) is 3.80. The van der Waals surface area contributed by atoms with Crippen LogP contribution in [0.3, 0.4) is 0 Å². The predicted octanol–water partition coefficient (Wildman–Crippen LogP) is 1.44. The third-order valence-electron chi connectivity index (χ3n) is 3.60. The van der Waals surface area contributed by atoms with E-state index in [1.165, 1.54) is 0 Å². The van der Waals surface area contributed by atoms with Crippen LogP contribution in [-0.4, -0.2) is 30.6 Å². The van der Waals surface area contributed by atoms with Crippen molar-refractivity contribution >= 4 is 5.91 Å². The Kier molecular flexibility index (Phi) is 5.21. The van der Waals surface area contributed by atoms with Crippen molar-refractivity contribution in [3.05, 3.63) is 29.8 Å². The third-order valence-corrected chi connectivity index (χ3v) is 3.60. The number of carbonyl (C=O) groups is 1. The molecule has 104 valence electrons. The molecule has 1 amide bonds. The number of amides is 1. The lowest BCUT2D eigenvalue weighted by molar-refractivity contribution is -0.125. The van der Waals surface area contributed by atoms with Gasteiger partial charge in [-0.25, -0.2) is 0 Å². The lowest BCUT2D eigenvalue weighted by Crippen LogP contribution is -2.32. The van der Waals surface area contributed by atoms with Crippen LogP contribution < -0.4 is 10.6 Å². The molecule has 2 rings (SSSR count). The Hall–Kier alpha value is -1.55. The van der Waals surface area contributed by atoms with Gasteiger partial charge in [0.05, 0.1) is 0 Å². The highest BCUT2D eigenvalue weighted by Gasteiger charge is 2.19. The van der Waals surface area contributed by atoms with Crippen LogP contribution in [0.4, 0.5) is 0 Å². The summed E-state index contributed by atoms with van der Waals surface area (Å²) in [5.41, 5.74) is 1.13. The fourth-order valence-corrected chi connectivity index (χ4v) is 2.42. The maximum absolute atomic E-state index is 12.0. The largest absolute Gasteiger partial charge is 0.508 e. The van der Waals surface area contributed by atoms with E-state index >= 15 is 0 Å². The molecule has 1 fully saturated rings. The molecule has 1 heterocycles. The van der Waals surface area contributed by atoms with Crippen LogP contribution in [0, 0.1) is 5.92 Å². The number of aromatic hydroxyl groups is 1. The number of benzene rings is 1. The highest BCUT2D eigenvalue weighted by Crippen LogP contribution is 2.13. The number of phenolic OH excluding ortho intramolecular Hbond substituents is 1. The van der Waals surface area contributed by atoms with Gasteiger partial charge in [-0.05, 0) is 56.5 Å². The molecule has 0 aliphatic carbocycles. The molecule has 0 bridgehead atoms. The lowest BCUT2D eigenvalue weighted by atomic mass is 10.00. The Morgan fingerprint density at radius 3 is 2.84 bits per heavy atom. The number of nitrogens with one attached hydrogen (secondary N) is 2. The molecule has 1 aliphatic rings. The average Bonchev–Trinajstić information content (AvgIpc) is 2.70. The summed E-state index contributed by atoms with van der Waals surface area (Å²) in [6, 6.07) is 7.12. The standard InChI is InChI=1S/C15H22N2O2/c18-14-5-3-12(4-6-14)7-11-17-15(19)13-2-1-9-16-10-8-13/h3-6,13,16,18H,1-2,7-11H2,(H,17,19)/t13-/m0/s1. The van der Waals surface area contributed by atoms with Gasteiger partial charge in [0.15, 0.2) is 0 Å². The zero-order valence-electron chi connectivity index (χ0n) is 11.2. The number of hydrogen-bond acceptors (Lipinski definition) is 3. The summed E-state index contributed by atoms with van der Waals surface area (Å²) in [7, 11) is 0. The van der Waals surface area contributed by atoms with Gasteiger partial charge in [-0.2, -0.15) is 0 Å². The highest BCUT2D eigenvalue weighted by molar-refractivity contribution is 5.78. The van der Waals surface area contributed by atoms with Crippen LogP contribution in [0.15, 0.2) is 24.3 Å². The van der Waals surface area contributed by atoms with Crippen molar-refractivity contribution in [2.24, 2.45) is 5.92 Å². The van der Waals surface area contributed by atoms with Crippen LogP contribution in [0.2, 0.25) is 0 Å². The molecule has 1 saturated heterocycles. The van der Waals surface area contributed by atoms with Crippen LogP contribution in [-0.2, 0) is 11.2 Å². The second-order valence-electron chi connectivity index (χ2n) is 5.09. The van der Waals surface area contributed by atoms with Crippen molar-refractivity contribution in [1.29, 1.82) is 0 Å². The van der Waals surface area contributed by atoms with E-state index in [1.54, 1.807) is 12.1 Å². The molecule has 1 aromatic rings. The van der Waals surface area contributed by atoms with Crippen LogP contribution >= 0.6 is 0 Å². The SMILES string of the molecule is O=C(NCCc1ccc(O)cc1)[C@H]1CCCNCC1. The quantitative estimate of drug-likeness (QED) is 0.769. The zero-order chi connectivity index (χ0) is 13.5. The minimum atomic E-state index is 0.162. The summed E-state index contributed by atoms with van der Waals surface area (Å²) in [5.74, 6) is 0.621. The van der Waals surface area contributed by atoms with E-state index in [0.717, 1.165) is 44.3 Å². The normalized spacial score (nSPS) is 19.7. The molecule has 19 heavy (non-hydrogen) atoms. The first kappa shape index (κ1) is 13.9. The summed E-state index contributed by atoms with van der Waals surface area (Å²) in [4.78, 5) is 12.0. The summed E-state index contributed by atoms with van der Waals surface area (Å²) in [5, 5.41) is 15.5. The van der Waals surface area contributed by atoms with Gasteiger partial charge < -0.3 is 15.7 Å².